The van der Waals surface area contributed by atoms with Crippen LogP contribution < -0.4 is 10.1 Å². The number of thioether (sulfide) groups is 1. The van der Waals surface area contributed by atoms with Gasteiger partial charge < -0.3 is 10.1 Å². The Morgan fingerprint density at radius 1 is 1.16 bits per heavy atom. The Bertz CT molecular complexity index is 863. The van der Waals surface area contributed by atoms with Crippen LogP contribution in [-0.2, 0) is 11.3 Å². The van der Waals surface area contributed by atoms with Crippen molar-refractivity contribution in [3.05, 3.63) is 60.4 Å². The molecular formula is C19H19N3O2S. The second-order valence-electron chi connectivity index (χ2n) is 5.52. The van der Waals surface area contributed by atoms with Crippen molar-refractivity contribution in [1.82, 2.24) is 15.3 Å². The van der Waals surface area contributed by atoms with E-state index in [1.54, 1.807) is 7.11 Å². The van der Waals surface area contributed by atoms with Crippen LogP contribution >= 0.6 is 11.8 Å². The first-order chi connectivity index (χ1) is 12.2. The third-order valence-electron chi connectivity index (χ3n) is 3.79. The topological polar surface area (TPSA) is 64.1 Å². The molecule has 0 aliphatic heterocycles. The Kier molecular flexibility index (Phi) is 5.50. The Morgan fingerprint density at radius 3 is 2.68 bits per heavy atom. The van der Waals surface area contributed by atoms with Gasteiger partial charge in [-0.15, -0.1) is 0 Å². The second kappa shape index (κ2) is 7.98. The molecule has 0 radical (unpaired) electrons. The number of carbonyl (C=O) groups excluding carboxylic acids is 1. The highest BCUT2D eigenvalue weighted by molar-refractivity contribution is 8.00. The van der Waals surface area contributed by atoms with Crippen LogP contribution in [0.15, 0.2) is 59.9 Å². The third-order valence-corrected chi connectivity index (χ3v) is 4.91. The summed E-state index contributed by atoms with van der Waals surface area (Å²) in [5.41, 5.74) is 1.91. The summed E-state index contributed by atoms with van der Waals surface area (Å²) in [6.07, 6.45) is 1.53. The summed E-state index contributed by atoms with van der Waals surface area (Å²) in [4.78, 5) is 21.0. The Hall–Kier alpha value is -2.60. The lowest BCUT2D eigenvalue weighted by atomic mass is 10.2. The van der Waals surface area contributed by atoms with Crippen LogP contribution in [-0.4, -0.2) is 28.2 Å². The summed E-state index contributed by atoms with van der Waals surface area (Å²) in [5, 5.41) is 4.49. The van der Waals surface area contributed by atoms with E-state index in [0.717, 1.165) is 27.2 Å². The number of para-hydroxylation sites is 1. The van der Waals surface area contributed by atoms with Crippen LogP contribution in [0.1, 0.15) is 12.5 Å². The minimum Gasteiger partial charge on any atom is -0.497 e. The van der Waals surface area contributed by atoms with Crippen molar-refractivity contribution in [3.63, 3.8) is 0 Å². The quantitative estimate of drug-likeness (QED) is 0.543. The Balaban J connectivity index is 1.62. The molecule has 1 aromatic heterocycles. The minimum absolute atomic E-state index is 0.0245. The predicted octanol–water partition coefficient (Wildman–Crippen LogP) is 3.44. The van der Waals surface area contributed by atoms with Gasteiger partial charge in [0.2, 0.25) is 5.91 Å². The van der Waals surface area contributed by atoms with E-state index in [1.165, 1.54) is 18.1 Å². The van der Waals surface area contributed by atoms with Gasteiger partial charge >= 0.3 is 0 Å². The number of nitrogens with zero attached hydrogens (tertiary/aromatic N) is 2. The number of amides is 1. The molecule has 5 nitrogen and oxygen atoms in total. The fourth-order valence-electron chi connectivity index (χ4n) is 2.37. The number of carbonyl (C=O) groups is 1. The van der Waals surface area contributed by atoms with Gasteiger partial charge in [-0.3, -0.25) is 4.79 Å². The molecule has 6 heteroatoms. The molecule has 0 fully saturated rings. The smallest absolute Gasteiger partial charge is 0.233 e. The first-order valence-electron chi connectivity index (χ1n) is 7.94. The fourth-order valence-corrected chi connectivity index (χ4v) is 3.30. The van der Waals surface area contributed by atoms with Gasteiger partial charge in [0, 0.05) is 11.9 Å². The Morgan fingerprint density at radius 2 is 1.92 bits per heavy atom. The summed E-state index contributed by atoms with van der Waals surface area (Å²) < 4.78 is 5.13. The summed E-state index contributed by atoms with van der Waals surface area (Å²) in [6, 6.07) is 15.4. The molecule has 0 saturated heterocycles. The summed E-state index contributed by atoms with van der Waals surface area (Å²) in [7, 11) is 1.63. The lowest BCUT2D eigenvalue weighted by Gasteiger charge is -2.13. The standard InChI is InChI=1S/C19H19N3O2S/c1-13(18(23)20-11-14-7-9-15(24-2)10-8-14)25-19-16-5-3-4-6-17(16)21-12-22-19/h3-10,12-13H,11H2,1-2H3,(H,20,23)/t13-/m1/s1. The predicted molar refractivity (Wildman–Crippen MR) is 99.7 cm³/mol. The molecule has 25 heavy (non-hydrogen) atoms. The highest BCUT2D eigenvalue weighted by atomic mass is 32.2. The van der Waals surface area contributed by atoms with E-state index in [-0.39, 0.29) is 11.2 Å². The maximum absolute atomic E-state index is 12.4. The van der Waals surface area contributed by atoms with Gasteiger partial charge in [-0.2, -0.15) is 0 Å². The van der Waals surface area contributed by atoms with Crippen molar-refractivity contribution in [1.29, 1.82) is 0 Å². The van der Waals surface area contributed by atoms with Crippen molar-refractivity contribution in [3.8, 4) is 5.75 Å². The van der Waals surface area contributed by atoms with E-state index in [4.69, 9.17) is 4.74 Å². The first kappa shape index (κ1) is 17.2. The molecule has 3 aromatic rings. The molecule has 1 N–H and O–H groups in total. The van der Waals surface area contributed by atoms with Crippen LogP contribution in [0.25, 0.3) is 10.9 Å². The lowest BCUT2D eigenvalue weighted by Crippen LogP contribution is -2.30. The van der Waals surface area contributed by atoms with Crippen molar-refractivity contribution >= 4 is 28.6 Å². The molecule has 128 valence electrons. The number of benzene rings is 2. The molecule has 1 heterocycles. The number of aromatic nitrogens is 2. The highest BCUT2D eigenvalue weighted by Crippen LogP contribution is 2.27. The SMILES string of the molecule is COc1ccc(CNC(=O)[C@@H](C)Sc2ncnc3ccccc23)cc1. The maximum atomic E-state index is 12.4. The zero-order valence-corrected chi connectivity index (χ0v) is 14.9. The molecule has 0 bridgehead atoms. The highest BCUT2D eigenvalue weighted by Gasteiger charge is 2.16. The first-order valence-corrected chi connectivity index (χ1v) is 8.82. The van der Waals surface area contributed by atoms with Gasteiger partial charge in [-0.05, 0) is 30.7 Å². The van der Waals surface area contributed by atoms with E-state index < -0.39 is 0 Å². The van der Waals surface area contributed by atoms with Crippen LogP contribution in [0, 0.1) is 0 Å². The van der Waals surface area contributed by atoms with E-state index in [9.17, 15) is 4.79 Å². The van der Waals surface area contributed by atoms with Gasteiger partial charge in [-0.25, -0.2) is 9.97 Å². The molecular weight excluding hydrogens is 334 g/mol. The number of nitrogens with one attached hydrogen (secondary N) is 1. The van der Waals surface area contributed by atoms with E-state index in [0.29, 0.717) is 6.54 Å². The summed E-state index contributed by atoms with van der Waals surface area (Å²) >= 11 is 1.44. The molecule has 0 spiro atoms. The van der Waals surface area contributed by atoms with Crippen LogP contribution in [0.4, 0.5) is 0 Å². The van der Waals surface area contributed by atoms with Crippen LogP contribution in [0.3, 0.4) is 0 Å². The molecule has 2 aromatic carbocycles. The maximum Gasteiger partial charge on any atom is 0.233 e. The molecule has 1 atom stereocenters. The van der Waals surface area contributed by atoms with Gasteiger partial charge in [-0.1, -0.05) is 42.1 Å². The average Bonchev–Trinajstić information content (AvgIpc) is 2.66. The van der Waals surface area contributed by atoms with E-state index in [1.807, 2.05) is 55.5 Å². The van der Waals surface area contributed by atoms with E-state index >= 15 is 0 Å². The van der Waals surface area contributed by atoms with Gasteiger partial charge in [0.15, 0.2) is 0 Å². The largest absolute Gasteiger partial charge is 0.497 e. The molecule has 3 rings (SSSR count). The second-order valence-corrected chi connectivity index (χ2v) is 6.85. The number of rotatable bonds is 6. The third kappa shape index (κ3) is 4.28. The summed E-state index contributed by atoms with van der Waals surface area (Å²) in [5.74, 6) is 0.776. The van der Waals surface area contributed by atoms with Gasteiger partial charge in [0.05, 0.1) is 17.9 Å². The summed E-state index contributed by atoms with van der Waals surface area (Å²) in [6.45, 7) is 2.36. The zero-order chi connectivity index (χ0) is 17.6. The molecule has 0 aliphatic rings. The van der Waals surface area contributed by atoms with Crippen LogP contribution in [0.2, 0.25) is 0 Å². The lowest BCUT2D eigenvalue weighted by molar-refractivity contribution is -0.120. The van der Waals surface area contributed by atoms with Crippen molar-refractivity contribution in [2.75, 3.05) is 7.11 Å². The average molecular weight is 353 g/mol. The Labute approximate surface area is 150 Å². The van der Waals surface area contributed by atoms with Crippen molar-refractivity contribution in [2.45, 2.75) is 23.7 Å². The zero-order valence-electron chi connectivity index (χ0n) is 14.1. The fraction of sp³-hybridized carbons (Fsp3) is 0.211. The van der Waals surface area contributed by atoms with Crippen LogP contribution in [0.5, 0.6) is 5.75 Å². The van der Waals surface area contributed by atoms with Crippen molar-refractivity contribution < 1.29 is 9.53 Å². The number of methoxy groups -OCH3 is 1. The van der Waals surface area contributed by atoms with Gasteiger partial charge in [0.1, 0.15) is 17.1 Å². The molecule has 0 unspecified atom stereocenters. The molecule has 1 amide bonds. The number of hydrogen-bond acceptors (Lipinski definition) is 5. The normalized spacial score (nSPS) is 11.9. The number of fused-ring (bicyclic) bond motifs is 1. The van der Waals surface area contributed by atoms with Crippen molar-refractivity contribution in [2.24, 2.45) is 0 Å². The number of hydrogen-bond donors (Lipinski definition) is 1. The molecule has 0 saturated carbocycles. The molecule has 0 aliphatic carbocycles. The monoisotopic (exact) mass is 353 g/mol. The van der Waals surface area contributed by atoms with E-state index in [2.05, 4.69) is 15.3 Å². The minimum atomic E-state index is -0.253. The number of ether oxygens (including phenoxy) is 1. The van der Waals surface area contributed by atoms with Gasteiger partial charge in [0.25, 0.3) is 0 Å².